The molecule has 0 spiro atoms. The van der Waals surface area contributed by atoms with E-state index >= 15 is 0 Å². The Labute approximate surface area is 387 Å². The molecular weight excluding hydrogens is 797 g/mol. The molecule has 0 saturated carbocycles. The quantitative estimate of drug-likeness (QED) is 0.137. The zero-order valence-corrected chi connectivity index (χ0v) is 36.5. The summed E-state index contributed by atoms with van der Waals surface area (Å²) in [7, 11) is 0. The van der Waals surface area contributed by atoms with E-state index in [1.807, 2.05) is 0 Å². The summed E-state index contributed by atoms with van der Waals surface area (Å²) in [6.45, 7) is 0. The Hall–Kier alpha value is -8.46. The first kappa shape index (κ1) is 40.3. The van der Waals surface area contributed by atoms with Gasteiger partial charge in [-0.15, -0.1) is 0 Å². The van der Waals surface area contributed by atoms with Crippen molar-refractivity contribution < 1.29 is 0 Å². The SMILES string of the molecule is C1=CC(c2cc(-c3cccc(-c4cc(-c5ccc(-c6ccccc6)cc5)nc(-c5ccc(-c6ccccc6)cc5)c4)c3)cc(-c3ccc(-c4ccccc4)cc3)n2)CC=C1c1ccccc1. The maximum atomic E-state index is 5.39. The van der Waals surface area contributed by atoms with Gasteiger partial charge in [-0.3, -0.25) is 4.98 Å². The summed E-state index contributed by atoms with van der Waals surface area (Å²) in [5.41, 5.74) is 21.3. The van der Waals surface area contributed by atoms with Crippen LogP contribution in [-0.2, 0) is 0 Å². The molecule has 0 saturated heterocycles. The fraction of sp³-hybridized carbons (Fsp3) is 0.0312. The third-order valence-electron chi connectivity index (χ3n) is 12.6. The molecule has 0 bridgehead atoms. The molecule has 1 unspecified atom stereocenters. The number of pyridine rings is 2. The van der Waals surface area contributed by atoms with Crippen LogP contribution in [0, 0.1) is 0 Å². The molecule has 1 aliphatic carbocycles. The second-order valence-corrected chi connectivity index (χ2v) is 16.9. The van der Waals surface area contributed by atoms with Crippen LogP contribution in [0.4, 0.5) is 0 Å². The van der Waals surface area contributed by atoms with E-state index in [0.29, 0.717) is 0 Å². The van der Waals surface area contributed by atoms with E-state index in [4.69, 9.17) is 9.97 Å². The van der Waals surface area contributed by atoms with Crippen LogP contribution in [-0.4, -0.2) is 9.97 Å². The summed E-state index contributed by atoms with van der Waals surface area (Å²) in [5, 5.41) is 0. The molecule has 1 aliphatic rings. The third kappa shape index (κ3) is 8.73. The Bertz CT molecular complexity index is 3220. The van der Waals surface area contributed by atoms with Crippen LogP contribution in [0.3, 0.4) is 0 Å². The second kappa shape index (κ2) is 18.3. The van der Waals surface area contributed by atoms with Crippen molar-refractivity contribution in [2.45, 2.75) is 12.3 Å². The van der Waals surface area contributed by atoms with Crippen molar-refractivity contribution in [1.82, 2.24) is 9.97 Å². The third-order valence-corrected chi connectivity index (χ3v) is 12.6. The van der Waals surface area contributed by atoms with Crippen LogP contribution in [0.15, 0.2) is 261 Å². The standard InChI is InChI=1S/C64H46N2/c1-5-14-45(15-6-1)49-24-32-53(33-25-49)61-41-59(42-62(65-61)54-34-26-50(27-35-54)46-16-7-2-8-17-46)57-22-13-23-58(40-57)60-43-63(55-36-28-51(29-37-55)47-18-9-3-10-19-47)66-64(44-60)56-38-30-52(31-39-56)48-20-11-4-12-21-48/h1-38,40-44,56H,39H2. The molecule has 11 rings (SSSR count). The Morgan fingerprint density at radius 1 is 0.273 bits per heavy atom. The molecule has 2 heterocycles. The summed E-state index contributed by atoms with van der Waals surface area (Å²) in [6.07, 6.45) is 7.82. The summed E-state index contributed by atoms with van der Waals surface area (Å²) in [4.78, 5) is 10.7. The van der Waals surface area contributed by atoms with Crippen LogP contribution in [0.25, 0.3) is 95.0 Å². The smallest absolute Gasteiger partial charge is 0.0715 e. The predicted molar refractivity (Wildman–Crippen MR) is 276 cm³/mol. The molecule has 312 valence electrons. The highest BCUT2D eigenvalue weighted by Crippen LogP contribution is 2.38. The minimum atomic E-state index is 0.148. The molecule has 0 aliphatic heterocycles. The molecule has 2 nitrogen and oxygen atoms in total. The van der Waals surface area contributed by atoms with Crippen molar-refractivity contribution >= 4 is 5.57 Å². The number of benzene rings is 8. The molecule has 1 atom stereocenters. The van der Waals surface area contributed by atoms with Crippen LogP contribution in [0.5, 0.6) is 0 Å². The highest BCUT2D eigenvalue weighted by molar-refractivity contribution is 5.82. The monoisotopic (exact) mass is 842 g/mol. The van der Waals surface area contributed by atoms with E-state index in [-0.39, 0.29) is 5.92 Å². The number of hydrogen-bond acceptors (Lipinski definition) is 2. The van der Waals surface area contributed by atoms with Crippen LogP contribution < -0.4 is 0 Å². The topological polar surface area (TPSA) is 25.8 Å². The summed E-state index contributed by atoms with van der Waals surface area (Å²) >= 11 is 0. The van der Waals surface area contributed by atoms with E-state index < -0.39 is 0 Å². The Balaban J connectivity index is 0.987. The van der Waals surface area contributed by atoms with Crippen LogP contribution >= 0.6 is 0 Å². The van der Waals surface area contributed by atoms with Gasteiger partial charge >= 0.3 is 0 Å². The molecule has 10 aromatic rings. The maximum absolute atomic E-state index is 5.39. The van der Waals surface area contributed by atoms with Gasteiger partial charge in [0.1, 0.15) is 0 Å². The largest absolute Gasteiger partial charge is 0.252 e. The average molecular weight is 843 g/mol. The van der Waals surface area contributed by atoms with Gasteiger partial charge in [-0.25, -0.2) is 4.98 Å². The first-order chi connectivity index (χ1) is 32.7. The van der Waals surface area contributed by atoms with Crippen molar-refractivity contribution in [3.05, 3.63) is 272 Å². The average Bonchev–Trinajstić information content (AvgIpc) is 3.42. The molecule has 8 aromatic carbocycles. The van der Waals surface area contributed by atoms with E-state index in [1.165, 1.54) is 44.5 Å². The summed E-state index contributed by atoms with van der Waals surface area (Å²) in [5.74, 6) is 0.148. The molecule has 0 fully saturated rings. The number of allylic oxidation sites excluding steroid dienone is 4. The van der Waals surface area contributed by atoms with Gasteiger partial charge in [-0.1, -0.05) is 231 Å². The van der Waals surface area contributed by atoms with Gasteiger partial charge in [-0.2, -0.15) is 0 Å². The fourth-order valence-electron chi connectivity index (χ4n) is 9.00. The van der Waals surface area contributed by atoms with Gasteiger partial charge in [0.15, 0.2) is 0 Å². The molecule has 2 heteroatoms. The van der Waals surface area contributed by atoms with Crippen molar-refractivity contribution in [2.24, 2.45) is 0 Å². The van der Waals surface area contributed by atoms with Gasteiger partial charge in [-0.05, 0) is 104 Å². The second-order valence-electron chi connectivity index (χ2n) is 16.9. The zero-order chi connectivity index (χ0) is 44.1. The van der Waals surface area contributed by atoms with Crippen molar-refractivity contribution in [3.8, 4) is 89.4 Å². The summed E-state index contributed by atoms with van der Waals surface area (Å²) < 4.78 is 0. The highest BCUT2D eigenvalue weighted by Gasteiger charge is 2.18. The predicted octanol–water partition coefficient (Wildman–Crippen LogP) is 16.9. The molecule has 2 aromatic heterocycles. The van der Waals surface area contributed by atoms with Crippen LogP contribution in [0.2, 0.25) is 0 Å². The first-order valence-corrected chi connectivity index (χ1v) is 22.7. The van der Waals surface area contributed by atoms with Gasteiger partial charge in [0.2, 0.25) is 0 Å². The lowest BCUT2D eigenvalue weighted by Gasteiger charge is -2.19. The minimum absolute atomic E-state index is 0.148. The summed E-state index contributed by atoms with van der Waals surface area (Å²) in [6, 6.07) is 86.6. The van der Waals surface area contributed by atoms with E-state index in [0.717, 1.165) is 68.1 Å². The van der Waals surface area contributed by atoms with Crippen molar-refractivity contribution in [2.75, 3.05) is 0 Å². The lowest BCUT2D eigenvalue weighted by molar-refractivity contribution is 0.820. The Kier molecular flexibility index (Phi) is 11.2. The molecular formula is C64H46N2. The van der Waals surface area contributed by atoms with Crippen LogP contribution in [0.1, 0.15) is 23.6 Å². The molecule has 0 amide bonds. The lowest BCUT2D eigenvalue weighted by atomic mass is 9.89. The van der Waals surface area contributed by atoms with Crippen molar-refractivity contribution in [1.29, 1.82) is 0 Å². The number of rotatable bonds is 10. The highest BCUT2D eigenvalue weighted by atomic mass is 14.7. The Morgan fingerprint density at radius 3 is 1.03 bits per heavy atom. The fourth-order valence-corrected chi connectivity index (χ4v) is 9.00. The van der Waals surface area contributed by atoms with Gasteiger partial charge in [0.05, 0.1) is 17.1 Å². The van der Waals surface area contributed by atoms with E-state index in [1.54, 1.807) is 0 Å². The van der Waals surface area contributed by atoms with Gasteiger partial charge < -0.3 is 0 Å². The molecule has 66 heavy (non-hydrogen) atoms. The van der Waals surface area contributed by atoms with Crippen molar-refractivity contribution in [3.63, 3.8) is 0 Å². The number of aromatic nitrogens is 2. The number of nitrogens with zero attached hydrogens (tertiary/aromatic N) is 2. The lowest BCUT2D eigenvalue weighted by Crippen LogP contribution is -2.03. The maximum Gasteiger partial charge on any atom is 0.0715 e. The van der Waals surface area contributed by atoms with Gasteiger partial charge in [0, 0.05) is 28.3 Å². The normalized spacial score (nSPS) is 13.3. The van der Waals surface area contributed by atoms with E-state index in [9.17, 15) is 0 Å². The van der Waals surface area contributed by atoms with E-state index in [2.05, 4.69) is 261 Å². The van der Waals surface area contributed by atoms with Gasteiger partial charge in [0.25, 0.3) is 0 Å². The minimum Gasteiger partial charge on any atom is -0.252 e. The molecule has 0 radical (unpaired) electrons. The number of hydrogen-bond donors (Lipinski definition) is 0. The zero-order valence-electron chi connectivity index (χ0n) is 36.5. The Morgan fingerprint density at radius 2 is 0.621 bits per heavy atom. The first-order valence-electron chi connectivity index (χ1n) is 22.7. The molecule has 0 N–H and O–H groups in total.